The fraction of sp³-hybridized carbons (Fsp3) is 0.231. The molecule has 18 heavy (non-hydrogen) atoms. The zero-order chi connectivity index (χ0) is 13.1. The fourth-order valence-corrected chi connectivity index (χ4v) is 1.56. The lowest BCUT2D eigenvalue weighted by molar-refractivity contribution is -0.130. The van der Waals surface area contributed by atoms with Gasteiger partial charge in [0.15, 0.2) is 6.61 Å². The van der Waals surface area contributed by atoms with Crippen molar-refractivity contribution in [2.24, 2.45) is 0 Å². The van der Waals surface area contributed by atoms with Crippen LogP contribution in [0, 0.1) is 0 Å². The van der Waals surface area contributed by atoms with Crippen LogP contribution in [0.2, 0.25) is 0 Å². The van der Waals surface area contributed by atoms with Gasteiger partial charge in [-0.15, -0.1) is 0 Å². The highest BCUT2D eigenvalue weighted by Gasteiger charge is 2.09. The number of amides is 1. The molecule has 5 heteroatoms. The van der Waals surface area contributed by atoms with Crippen molar-refractivity contribution < 1.29 is 9.53 Å². The highest BCUT2D eigenvalue weighted by atomic mass is 16.5. The van der Waals surface area contributed by atoms with Crippen molar-refractivity contribution in [1.82, 2.24) is 9.88 Å². The molecule has 0 atom stereocenters. The maximum atomic E-state index is 11.5. The Morgan fingerprint density at radius 2 is 2.17 bits per heavy atom. The Bertz CT molecular complexity index is 581. The lowest BCUT2D eigenvalue weighted by Crippen LogP contribution is -2.27. The van der Waals surface area contributed by atoms with E-state index in [2.05, 4.69) is 4.98 Å². The molecule has 0 unspecified atom stereocenters. The van der Waals surface area contributed by atoms with Crippen LogP contribution in [0.3, 0.4) is 0 Å². The van der Waals surface area contributed by atoms with E-state index in [1.807, 2.05) is 12.1 Å². The van der Waals surface area contributed by atoms with Crippen LogP contribution in [-0.2, 0) is 4.79 Å². The first-order valence-electron chi connectivity index (χ1n) is 5.56. The summed E-state index contributed by atoms with van der Waals surface area (Å²) in [6, 6.07) is 7.16. The summed E-state index contributed by atoms with van der Waals surface area (Å²) in [5.74, 6) is 0.520. The zero-order valence-corrected chi connectivity index (χ0v) is 10.4. The molecule has 0 saturated heterocycles. The minimum absolute atomic E-state index is 0.000905. The molecule has 0 aliphatic rings. The van der Waals surface area contributed by atoms with Gasteiger partial charge in [0.25, 0.3) is 5.91 Å². The number of rotatable bonds is 3. The van der Waals surface area contributed by atoms with Gasteiger partial charge in [0.2, 0.25) is 0 Å². The van der Waals surface area contributed by atoms with Crippen LogP contribution < -0.4 is 10.5 Å². The molecule has 1 aromatic heterocycles. The summed E-state index contributed by atoms with van der Waals surface area (Å²) in [7, 11) is 3.38. The Morgan fingerprint density at radius 3 is 2.89 bits per heavy atom. The smallest absolute Gasteiger partial charge is 0.259 e. The van der Waals surface area contributed by atoms with Crippen molar-refractivity contribution in [2.45, 2.75) is 0 Å². The number of carbonyl (C=O) groups excluding carboxylic acids is 1. The number of hydrogen-bond donors (Lipinski definition) is 1. The maximum absolute atomic E-state index is 11.5. The highest BCUT2D eigenvalue weighted by molar-refractivity contribution is 5.94. The Kier molecular flexibility index (Phi) is 3.32. The third-order valence-electron chi connectivity index (χ3n) is 2.61. The van der Waals surface area contributed by atoms with Crippen molar-refractivity contribution >= 4 is 22.5 Å². The van der Waals surface area contributed by atoms with Crippen LogP contribution in [0.25, 0.3) is 10.9 Å². The average Bonchev–Trinajstić information content (AvgIpc) is 2.38. The van der Waals surface area contributed by atoms with Gasteiger partial charge in [-0.25, -0.2) is 0 Å². The molecular formula is C13H15N3O2. The normalized spacial score (nSPS) is 10.3. The number of ether oxygens (including phenoxy) is 1. The number of pyridine rings is 1. The van der Waals surface area contributed by atoms with E-state index in [4.69, 9.17) is 10.5 Å². The number of likely N-dealkylation sites (N-methyl/N-ethyl adjacent to an activating group) is 1. The molecule has 94 valence electrons. The molecule has 0 spiro atoms. The van der Waals surface area contributed by atoms with E-state index in [9.17, 15) is 4.79 Å². The van der Waals surface area contributed by atoms with Crippen molar-refractivity contribution in [1.29, 1.82) is 0 Å². The second kappa shape index (κ2) is 4.91. The Balaban J connectivity index is 2.29. The van der Waals surface area contributed by atoms with Crippen LogP contribution >= 0.6 is 0 Å². The van der Waals surface area contributed by atoms with E-state index in [-0.39, 0.29) is 12.5 Å². The Labute approximate surface area is 105 Å². The second-order valence-corrected chi connectivity index (χ2v) is 4.13. The van der Waals surface area contributed by atoms with Gasteiger partial charge in [0.05, 0.1) is 11.2 Å². The Morgan fingerprint density at radius 1 is 1.39 bits per heavy atom. The zero-order valence-electron chi connectivity index (χ0n) is 10.4. The van der Waals surface area contributed by atoms with Gasteiger partial charge >= 0.3 is 0 Å². The first-order valence-corrected chi connectivity index (χ1v) is 5.56. The number of nitrogens with zero attached hydrogens (tertiary/aromatic N) is 2. The molecule has 1 aromatic carbocycles. The van der Waals surface area contributed by atoms with E-state index in [0.29, 0.717) is 17.0 Å². The molecule has 2 aromatic rings. The monoisotopic (exact) mass is 245 g/mol. The van der Waals surface area contributed by atoms with Crippen LogP contribution in [0.15, 0.2) is 30.5 Å². The minimum Gasteiger partial charge on any atom is -0.483 e. The van der Waals surface area contributed by atoms with E-state index in [1.165, 1.54) is 4.90 Å². The summed E-state index contributed by atoms with van der Waals surface area (Å²) in [5.41, 5.74) is 7.12. The van der Waals surface area contributed by atoms with Crippen molar-refractivity contribution in [3.63, 3.8) is 0 Å². The van der Waals surface area contributed by atoms with Gasteiger partial charge in [-0.3, -0.25) is 9.78 Å². The number of aromatic nitrogens is 1. The number of nitrogen functional groups attached to an aromatic ring is 1. The number of carbonyl (C=O) groups is 1. The van der Waals surface area contributed by atoms with E-state index in [0.717, 1.165) is 5.39 Å². The van der Waals surface area contributed by atoms with Crippen molar-refractivity contribution in [3.05, 3.63) is 30.5 Å². The van der Waals surface area contributed by atoms with E-state index >= 15 is 0 Å². The molecule has 2 rings (SSSR count). The highest BCUT2D eigenvalue weighted by Crippen LogP contribution is 2.28. The summed E-state index contributed by atoms with van der Waals surface area (Å²) < 4.78 is 5.51. The molecule has 0 radical (unpaired) electrons. The summed E-state index contributed by atoms with van der Waals surface area (Å²) in [6.45, 7) is 0.000905. The lowest BCUT2D eigenvalue weighted by atomic mass is 10.2. The van der Waals surface area contributed by atoms with E-state index in [1.54, 1.807) is 32.4 Å². The predicted octanol–water partition coefficient (Wildman–Crippen LogP) is 1.28. The first-order chi connectivity index (χ1) is 8.59. The molecule has 1 heterocycles. The van der Waals surface area contributed by atoms with Crippen LogP contribution in [0.5, 0.6) is 5.75 Å². The van der Waals surface area contributed by atoms with Gasteiger partial charge in [-0.2, -0.15) is 0 Å². The van der Waals surface area contributed by atoms with Gasteiger partial charge in [-0.1, -0.05) is 0 Å². The molecule has 0 bridgehead atoms. The van der Waals surface area contributed by atoms with Crippen LogP contribution in [0.4, 0.5) is 5.69 Å². The second-order valence-electron chi connectivity index (χ2n) is 4.13. The molecular weight excluding hydrogens is 230 g/mol. The van der Waals surface area contributed by atoms with Crippen LogP contribution in [0.1, 0.15) is 0 Å². The summed E-state index contributed by atoms with van der Waals surface area (Å²) in [6.07, 6.45) is 1.67. The molecule has 0 aliphatic carbocycles. The largest absolute Gasteiger partial charge is 0.483 e. The molecule has 5 nitrogen and oxygen atoms in total. The van der Waals surface area contributed by atoms with Gasteiger partial charge < -0.3 is 15.4 Å². The fourth-order valence-electron chi connectivity index (χ4n) is 1.56. The maximum Gasteiger partial charge on any atom is 0.259 e. The quantitative estimate of drug-likeness (QED) is 0.827. The van der Waals surface area contributed by atoms with Crippen molar-refractivity contribution in [3.8, 4) is 5.75 Å². The van der Waals surface area contributed by atoms with Crippen LogP contribution in [-0.4, -0.2) is 36.5 Å². The third kappa shape index (κ3) is 2.34. The van der Waals surface area contributed by atoms with Gasteiger partial charge in [-0.05, 0) is 24.3 Å². The topological polar surface area (TPSA) is 68.5 Å². The molecule has 1 amide bonds. The number of hydrogen-bond acceptors (Lipinski definition) is 4. The standard InChI is InChI=1S/C13H15N3O2/c1-16(2)12(17)8-18-11-6-5-10(14)13-9(11)4-3-7-15-13/h3-7H,8,14H2,1-2H3. The van der Waals surface area contributed by atoms with Crippen molar-refractivity contribution in [2.75, 3.05) is 26.4 Å². The summed E-state index contributed by atoms with van der Waals surface area (Å²) in [4.78, 5) is 17.2. The number of nitrogens with two attached hydrogens (primary N) is 1. The number of fused-ring (bicyclic) bond motifs is 1. The summed E-state index contributed by atoms with van der Waals surface area (Å²) >= 11 is 0. The number of benzene rings is 1. The van der Waals surface area contributed by atoms with Gasteiger partial charge in [0.1, 0.15) is 5.75 Å². The molecule has 2 N–H and O–H groups in total. The molecule has 0 fully saturated rings. The minimum atomic E-state index is -0.0936. The number of anilines is 1. The molecule has 0 saturated carbocycles. The van der Waals surface area contributed by atoms with Gasteiger partial charge in [0, 0.05) is 25.7 Å². The SMILES string of the molecule is CN(C)C(=O)COc1ccc(N)c2ncccc12. The third-order valence-corrected chi connectivity index (χ3v) is 2.61. The summed E-state index contributed by atoms with van der Waals surface area (Å²) in [5, 5.41) is 0.809. The average molecular weight is 245 g/mol. The van der Waals surface area contributed by atoms with E-state index < -0.39 is 0 Å². The first kappa shape index (κ1) is 12.2. The molecule has 0 aliphatic heterocycles. The Hall–Kier alpha value is -2.30. The lowest BCUT2D eigenvalue weighted by Gasteiger charge is -2.13. The predicted molar refractivity (Wildman–Crippen MR) is 70.3 cm³/mol.